The number of hydrogen-bond donors (Lipinski definition) is 1. The SMILES string of the molecule is CNc1nc(C2Cc3ccccc32)nc(C(C)(C)C)c1Br. The van der Waals surface area contributed by atoms with Crippen LogP contribution in [-0.4, -0.2) is 17.0 Å². The van der Waals surface area contributed by atoms with Crippen molar-refractivity contribution in [1.82, 2.24) is 9.97 Å². The van der Waals surface area contributed by atoms with Crippen LogP contribution in [0.25, 0.3) is 0 Å². The number of anilines is 1. The molecule has 0 aliphatic heterocycles. The highest BCUT2D eigenvalue weighted by Gasteiger charge is 2.32. The van der Waals surface area contributed by atoms with Crippen molar-refractivity contribution in [2.45, 2.75) is 38.5 Å². The van der Waals surface area contributed by atoms with Crippen LogP contribution in [0.15, 0.2) is 28.7 Å². The summed E-state index contributed by atoms with van der Waals surface area (Å²) < 4.78 is 0.967. The zero-order valence-corrected chi connectivity index (χ0v) is 14.5. The Morgan fingerprint density at radius 3 is 2.52 bits per heavy atom. The number of hydrogen-bond acceptors (Lipinski definition) is 3. The summed E-state index contributed by atoms with van der Waals surface area (Å²) in [5.74, 6) is 2.11. The highest BCUT2D eigenvalue weighted by molar-refractivity contribution is 9.10. The summed E-state index contributed by atoms with van der Waals surface area (Å²) >= 11 is 3.64. The number of nitrogens with one attached hydrogen (secondary N) is 1. The standard InChI is InChI=1S/C17H20BrN3/c1-17(2,3)14-13(18)16(19-4)21-15(20-14)12-9-10-7-5-6-8-11(10)12/h5-8,12H,9H2,1-4H3,(H,19,20,21). The zero-order chi connectivity index (χ0) is 15.2. The van der Waals surface area contributed by atoms with Crippen molar-refractivity contribution in [2.24, 2.45) is 0 Å². The average Bonchev–Trinajstić information content (AvgIpc) is 2.40. The van der Waals surface area contributed by atoms with E-state index in [1.165, 1.54) is 11.1 Å². The molecular formula is C17H20BrN3. The van der Waals surface area contributed by atoms with E-state index in [4.69, 9.17) is 9.97 Å². The number of fused-ring (bicyclic) bond motifs is 1. The van der Waals surface area contributed by atoms with Gasteiger partial charge >= 0.3 is 0 Å². The van der Waals surface area contributed by atoms with Crippen LogP contribution in [0.3, 0.4) is 0 Å². The summed E-state index contributed by atoms with van der Waals surface area (Å²) in [7, 11) is 1.90. The molecule has 0 saturated heterocycles. The Morgan fingerprint density at radius 2 is 1.90 bits per heavy atom. The third-order valence-electron chi connectivity index (χ3n) is 3.98. The maximum atomic E-state index is 4.88. The quantitative estimate of drug-likeness (QED) is 0.883. The summed E-state index contributed by atoms with van der Waals surface area (Å²) in [6, 6.07) is 8.56. The lowest BCUT2D eigenvalue weighted by Crippen LogP contribution is -2.24. The second kappa shape index (κ2) is 5.09. The summed E-state index contributed by atoms with van der Waals surface area (Å²) in [6.45, 7) is 6.54. The molecule has 0 amide bonds. The molecule has 1 aliphatic carbocycles. The zero-order valence-electron chi connectivity index (χ0n) is 12.9. The van der Waals surface area contributed by atoms with Crippen LogP contribution in [-0.2, 0) is 11.8 Å². The maximum Gasteiger partial charge on any atom is 0.144 e. The summed E-state index contributed by atoms with van der Waals surface area (Å²) in [4.78, 5) is 9.59. The molecule has 21 heavy (non-hydrogen) atoms. The van der Waals surface area contributed by atoms with Gasteiger partial charge in [0.05, 0.1) is 10.2 Å². The molecule has 1 aromatic carbocycles. The van der Waals surface area contributed by atoms with Gasteiger partial charge in [0.2, 0.25) is 0 Å². The van der Waals surface area contributed by atoms with Crippen molar-refractivity contribution in [3.05, 3.63) is 51.4 Å². The molecule has 3 rings (SSSR count). The maximum absolute atomic E-state index is 4.88. The smallest absolute Gasteiger partial charge is 0.144 e. The van der Waals surface area contributed by atoms with Crippen LogP contribution < -0.4 is 5.32 Å². The second-order valence-corrected chi connectivity index (χ2v) is 7.34. The molecule has 3 nitrogen and oxygen atoms in total. The van der Waals surface area contributed by atoms with Gasteiger partial charge in [0, 0.05) is 18.4 Å². The summed E-state index contributed by atoms with van der Waals surface area (Å²) in [6.07, 6.45) is 1.03. The lowest BCUT2D eigenvalue weighted by atomic mass is 9.77. The van der Waals surface area contributed by atoms with Crippen molar-refractivity contribution in [3.63, 3.8) is 0 Å². The first-order valence-corrected chi connectivity index (χ1v) is 8.04. The van der Waals surface area contributed by atoms with E-state index in [1.54, 1.807) is 0 Å². The lowest BCUT2D eigenvalue weighted by molar-refractivity contribution is 0.549. The van der Waals surface area contributed by atoms with Gasteiger partial charge < -0.3 is 5.32 Å². The number of nitrogens with zero attached hydrogens (tertiary/aromatic N) is 2. The van der Waals surface area contributed by atoms with E-state index in [0.29, 0.717) is 5.92 Å². The Bertz CT molecular complexity index is 689. The molecule has 4 heteroatoms. The van der Waals surface area contributed by atoms with Gasteiger partial charge in [0.15, 0.2) is 0 Å². The molecule has 0 bridgehead atoms. The van der Waals surface area contributed by atoms with E-state index in [9.17, 15) is 0 Å². The molecular weight excluding hydrogens is 326 g/mol. The molecule has 1 unspecified atom stereocenters. The summed E-state index contributed by atoms with van der Waals surface area (Å²) in [5, 5.41) is 3.18. The Morgan fingerprint density at radius 1 is 1.19 bits per heavy atom. The number of benzene rings is 1. The van der Waals surface area contributed by atoms with Crippen LogP contribution in [0, 0.1) is 0 Å². The first kappa shape index (κ1) is 14.5. The monoisotopic (exact) mass is 345 g/mol. The highest BCUT2D eigenvalue weighted by Crippen LogP contribution is 2.41. The van der Waals surface area contributed by atoms with E-state index in [1.807, 2.05) is 7.05 Å². The highest BCUT2D eigenvalue weighted by atomic mass is 79.9. The van der Waals surface area contributed by atoms with Gasteiger partial charge in [-0.2, -0.15) is 0 Å². The lowest BCUT2D eigenvalue weighted by Gasteiger charge is -2.30. The van der Waals surface area contributed by atoms with Crippen LogP contribution in [0.1, 0.15) is 49.3 Å². The Kier molecular flexibility index (Phi) is 3.52. The molecule has 0 spiro atoms. The van der Waals surface area contributed by atoms with E-state index in [2.05, 4.69) is 66.3 Å². The van der Waals surface area contributed by atoms with E-state index >= 15 is 0 Å². The topological polar surface area (TPSA) is 37.8 Å². The van der Waals surface area contributed by atoms with Gasteiger partial charge in [-0.1, -0.05) is 45.0 Å². The third kappa shape index (κ3) is 2.46. The molecule has 1 atom stereocenters. The normalized spacial score (nSPS) is 17.1. The fraction of sp³-hybridized carbons (Fsp3) is 0.412. The Labute approximate surface area is 134 Å². The van der Waals surface area contributed by atoms with Gasteiger partial charge in [-0.25, -0.2) is 9.97 Å². The second-order valence-electron chi connectivity index (χ2n) is 6.55. The molecule has 1 N–H and O–H groups in total. The Hall–Kier alpha value is -1.42. The van der Waals surface area contributed by atoms with Crippen molar-refractivity contribution in [2.75, 3.05) is 12.4 Å². The number of rotatable bonds is 2. The van der Waals surface area contributed by atoms with E-state index in [-0.39, 0.29) is 5.41 Å². The van der Waals surface area contributed by atoms with Crippen molar-refractivity contribution in [3.8, 4) is 0 Å². The van der Waals surface area contributed by atoms with Crippen LogP contribution in [0.2, 0.25) is 0 Å². The number of aromatic nitrogens is 2. The van der Waals surface area contributed by atoms with Crippen LogP contribution >= 0.6 is 15.9 Å². The van der Waals surface area contributed by atoms with Crippen LogP contribution in [0.4, 0.5) is 5.82 Å². The van der Waals surface area contributed by atoms with E-state index in [0.717, 1.165) is 28.2 Å². The largest absolute Gasteiger partial charge is 0.372 e. The van der Waals surface area contributed by atoms with Crippen molar-refractivity contribution >= 4 is 21.7 Å². The third-order valence-corrected chi connectivity index (χ3v) is 4.73. The fourth-order valence-corrected chi connectivity index (χ4v) is 3.74. The summed E-state index contributed by atoms with van der Waals surface area (Å²) in [5.41, 5.74) is 3.81. The molecule has 0 radical (unpaired) electrons. The van der Waals surface area contributed by atoms with Gasteiger partial charge in [-0.05, 0) is 33.5 Å². The molecule has 0 fully saturated rings. The predicted molar refractivity (Wildman–Crippen MR) is 90.0 cm³/mol. The average molecular weight is 346 g/mol. The van der Waals surface area contributed by atoms with Crippen LogP contribution in [0.5, 0.6) is 0 Å². The minimum atomic E-state index is -0.0224. The molecule has 1 heterocycles. The van der Waals surface area contributed by atoms with Gasteiger partial charge in [-0.15, -0.1) is 0 Å². The fourth-order valence-electron chi connectivity index (χ4n) is 2.77. The predicted octanol–water partition coefficient (Wildman–Crippen LogP) is 4.27. The van der Waals surface area contributed by atoms with Gasteiger partial charge in [0.25, 0.3) is 0 Å². The van der Waals surface area contributed by atoms with Crippen molar-refractivity contribution in [1.29, 1.82) is 0 Å². The molecule has 2 aromatic rings. The number of halogens is 1. The minimum Gasteiger partial charge on any atom is -0.372 e. The molecule has 0 saturated carbocycles. The molecule has 1 aliphatic rings. The minimum absolute atomic E-state index is 0.0224. The molecule has 1 aromatic heterocycles. The Balaban J connectivity index is 2.09. The van der Waals surface area contributed by atoms with Gasteiger partial charge in [0.1, 0.15) is 11.6 Å². The van der Waals surface area contributed by atoms with E-state index < -0.39 is 0 Å². The first-order chi connectivity index (χ1) is 9.91. The van der Waals surface area contributed by atoms with Gasteiger partial charge in [-0.3, -0.25) is 0 Å². The first-order valence-electron chi connectivity index (χ1n) is 7.25. The molecule has 110 valence electrons. The van der Waals surface area contributed by atoms with Crippen molar-refractivity contribution < 1.29 is 0 Å².